The van der Waals surface area contributed by atoms with Gasteiger partial charge in [-0.2, -0.15) is 10.1 Å². The molecule has 0 radical (unpaired) electrons. The molecule has 0 amide bonds. The van der Waals surface area contributed by atoms with E-state index in [2.05, 4.69) is 15.1 Å². The van der Waals surface area contributed by atoms with Crippen LogP contribution < -0.4 is 0 Å². The molecule has 2 heterocycles. The van der Waals surface area contributed by atoms with E-state index >= 15 is 0 Å². The summed E-state index contributed by atoms with van der Waals surface area (Å²) in [5.74, 6) is 0. The summed E-state index contributed by atoms with van der Waals surface area (Å²) in [5.41, 5.74) is 1.46. The Morgan fingerprint density at radius 3 is 3.21 bits per heavy atom. The topological polar surface area (TPSA) is 59.6 Å². The van der Waals surface area contributed by atoms with Crippen LogP contribution in [0.25, 0.3) is 5.65 Å². The summed E-state index contributed by atoms with van der Waals surface area (Å²) in [5, 5.41) is 4.21. The summed E-state index contributed by atoms with van der Waals surface area (Å²) in [4.78, 5) is 17.7. The quantitative estimate of drug-likeness (QED) is 0.524. The summed E-state index contributed by atoms with van der Waals surface area (Å²) in [6.07, 6.45) is 5.00. The lowest BCUT2D eigenvalue weighted by molar-refractivity contribution is 0.558. The normalized spacial score (nSPS) is 12.4. The van der Waals surface area contributed by atoms with E-state index < -0.39 is 0 Å². The average Bonchev–Trinajstić information content (AvgIpc) is 2.61. The smallest absolute Gasteiger partial charge is 0.235 e. The first-order valence-corrected chi connectivity index (χ1v) is 4.18. The Morgan fingerprint density at radius 1 is 1.64 bits per heavy atom. The molecule has 2 aromatic heterocycles. The van der Waals surface area contributed by atoms with Crippen molar-refractivity contribution in [2.24, 2.45) is 4.99 Å². The maximum atomic E-state index is 10.1. The molecule has 1 unspecified atom stereocenters. The minimum absolute atomic E-state index is 0.269. The van der Waals surface area contributed by atoms with Gasteiger partial charge in [-0.05, 0) is 13.0 Å². The summed E-state index contributed by atoms with van der Waals surface area (Å²) in [6.45, 7) is 1.78. The average molecular weight is 188 g/mol. The molecular weight excluding hydrogens is 180 g/mol. The number of isocyanates is 1. The maximum Gasteiger partial charge on any atom is 0.235 e. The van der Waals surface area contributed by atoms with Crippen molar-refractivity contribution in [3.63, 3.8) is 0 Å². The Balaban J connectivity index is 2.49. The van der Waals surface area contributed by atoms with Crippen LogP contribution in [0.3, 0.4) is 0 Å². The fourth-order valence-electron chi connectivity index (χ4n) is 1.20. The van der Waals surface area contributed by atoms with Crippen molar-refractivity contribution >= 4 is 11.7 Å². The van der Waals surface area contributed by atoms with Crippen molar-refractivity contribution in [1.29, 1.82) is 0 Å². The molecule has 0 saturated carbocycles. The summed E-state index contributed by atoms with van der Waals surface area (Å²) < 4.78 is 1.64. The third-order valence-corrected chi connectivity index (χ3v) is 1.93. The third kappa shape index (κ3) is 1.41. The van der Waals surface area contributed by atoms with Gasteiger partial charge >= 0.3 is 0 Å². The lowest BCUT2D eigenvalue weighted by Gasteiger charge is -1.95. The highest BCUT2D eigenvalue weighted by atomic mass is 16.1. The molecule has 0 spiro atoms. The van der Waals surface area contributed by atoms with Gasteiger partial charge in [-0.15, -0.1) is 0 Å². The van der Waals surface area contributed by atoms with Gasteiger partial charge in [0.2, 0.25) is 6.08 Å². The molecule has 70 valence electrons. The largest absolute Gasteiger partial charge is 0.237 e. The van der Waals surface area contributed by atoms with E-state index in [1.807, 2.05) is 0 Å². The third-order valence-electron chi connectivity index (χ3n) is 1.93. The molecule has 0 N–H and O–H groups in total. The number of hydrogen-bond donors (Lipinski definition) is 0. The molecule has 0 aliphatic heterocycles. The Labute approximate surface area is 80.1 Å². The lowest BCUT2D eigenvalue weighted by Crippen LogP contribution is -1.91. The van der Waals surface area contributed by atoms with Crippen LogP contribution in [0.4, 0.5) is 0 Å². The summed E-state index contributed by atoms with van der Waals surface area (Å²) >= 11 is 0. The lowest BCUT2D eigenvalue weighted by atomic mass is 10.2. The zero-order valence-corrected chi connectivity index (χ0v) is 7.58. The second kappa shape index (κ2) is 3.40. The predicted molar refractivity (Wildman–Crippen MR) is 49.5 cm³/mol. The van der Waals surface area contributed by atoms with E-state index in [1.165, 1.54) is 6.08 Å². The molecule has 0 fully saturated rings. The second-order valence-corrected chi connectivity index (χ2v) is 2.89. The van der Waals surface area contributed by atoms with Crippen molar-refractivity contribution in [2.75, 3.05) is 0 Å². The van der Waals surface area contributed by atoms with Gasteiger partial charge in [-0.25, -0.2) is 14.3 Å². The number of hydrogen-bond acceptors (Lipinski definition) is 4. The highest BCUT2D eigenvalue weighted by molar-refractivity contribution is 5.40. The van der Waals surface area contributed by atoms with Crippen molar-refractivity contribution in [3.05, 3.63) is 30.2 Å². The highest BCUT2D eigenvalue weighted by Crippen LogP contribution is 2.14. The molecule has 0 aliphatic carbocycles. The standard InChI is InChI=1S/C9H8N4O/c1-7(11-6-14)8-5-9-10-3-2-4-13(9)12-8/h2-5,7H,1H3. The molecule has 2 aromatic rings. The number of fused-ring (bicyclic) bond motifs is 1. The van der Waals surface area contributed by atoms with Crippen molar-refractivity contribution in [2.45, 2.75) is 13.0 Å². The van der Waals surface area contributed by atoms with Gasteiger partial charge in [0.15, 0.2) is 5.65 Å². The van der Waals surface area contributed by atoms with Gasteiger partial charge < -0.3 is 0 Å². The Morgan fingerprint density at radius 2 is 2.50 bits per heavy atom. The molecule has 5 nitrogen and oxygen atoms in total. The van der Waals surface area contributed by atoms with E-state index in [1.54, 1.807) is 36.0 Å². The van der Waals surface area contributed by atoms with Crippen LogP contribution in [-0.4, -0.2) is 20.7 Å². The molecule has 2 rings (SSSR count). The van der Waals surface area contributed by atoms with Crippen molar-refractivity contribution < 1.29 is 4.79 Å². The fraction of sp³-hybridized carbons (Fsp3) is 0.222. The Kier molecular flexibility index (Phi) is 2.08. The van der Waals surface area contributed by atoms with Crippen LogP contribution in [-0.2, 0) is 4.79 Å². The van der Waals surface area contributed by atoms with E-state index in [4.69, 9.17) is 0 Å². The zero-order valence-electron chi connectivity index (χ0n) is 7.58. The summed E-state index contributed by atoms with van der Waals surface area (Å²) in [7, 11) is 0. The van der Waals surface area contributed by atoms with E-state index in [-0.39, 0.29) is 6.04 Å². The number of nitrogens with zero attached hydrogens (tertiary/aromatic N) is 4. The van der Waals surface area contributed by atoms with E-state index in [9.17, 15) is 4.79 Å². The minimum Gasteiger partial charge on any atom is -0.237 e. The van der Waals surface area contributed by atoms with E-state index in [0.29, 0.717) is 5.69 Å². The van der Waals surface area contributed by atoms with Gasteiger partial charge in [0.25, 0.3) is 0 Å². The SMILES string of the molecule is CC(N=C=O)c1cc2ncccn2n1. The van der Waals surface area contributed by atoms with Gasteiger partial charge in [0.1, 0.15) is 6.04 Å². The van der Waals surface area contributed by atoms with Crippen LogP contribution in [0, 0.1) is 0 Å². The minimum atomic E-state index is -0.269. The van der Waals surface area contributed by atoms with Crippen LogP contribution >= 0.6 is 0 Å². The first-order valence-electron chi connectivity index (χ1n) is 4.18. The molecular formula is C9H8N4O. The molecule has 0 aromatic carbocycles. The first kappa shape index (κ1) is 8.59. The van der Waals surface area contributed by atoms with Gasteiger partial charge in [0.05, 0.1) is 5.69 Å². The van der Waals surface area contributed by atoms with Gasteiger partial charge in [-0.1, -0.05) is 0 Å². The summed E-state index contributed by atoms with van der Waals surface area (Å²) in [6, 6.07) is 3.32. The Bertz CT molecular complexity index is 465. The number of aromatic nitrogens is 3. The number of rotatable bonds is 2. The molecule has 0 aliphatic rings. The predicted octanol–water partition coefficient (Wildman–Crippen LogP) is 1.13. The maximum absolute atomic E-state index is 10.1. The van der Waals surface area contributed by atoms with E-state index in [0.717, 1.165) is 5.65 Å². The fourth-order valence-corrected chi connectivity index (χ4v) is 1.20. The Hall–Kier alpha value is -2.00. The monoisotopic (exact) mass is 188 g/mol. The molecule has 0 bridgehead atoms. The van der Waals surface area contributed by atoms with Crippen LogP contribution in [0.1, 0.15) is 18.7 Å². The molecule has 5 heteroatoms. The second-order valence-electron chi connectivity index (χ2n) is 2.89. The molecule has 0 saturated heterocycles. The zero-order chi connectivity index (χ0) is 9.97. The number of aliphatic imine (C=N–C) groups is 1. The highest BCUT2D eigenvalue weighted by Gasteiger charge is 2.08. The molecule has 14 heavy (non-hydrogen) atoms. The van der Waals surface area contributed by atoms with Crippen LogP contribution in [0.15, 0.2) is 29.5 Å². The van der Waals surface area contributed by atoms with Gasteiger partial charge in [-0.3, -0.25) is 0 Å². The van der Waals surface area contributed by atoms with Crippen molar-refractivity contribution in [3.8, 4) is 0 Å². The first-order chi connectivity index (χ1) is 6.81. The van der Waals surface area contributed by atoms with Crippen LogP contribution in [0.5, 0.6) is 0 Å². The number of carbonyl (C=O) groups excluding carboxylic acids is 1. The molecule has 1 atom stereocenters. The van der Waals surface area contributed by atoms with Crippen LogP contribution in [0.2, 0.25) is 0 Å². The van der Waals surface area contributed by atoms with Gasteiger partial charge in [0, 0.05) is 18.5 Å². The van der Waals surface area contributed by atoms with Crippen molar-refractivity contribution in [1.82, 2.24) is 14.6 Å².